The van der Waals surface area contributed by atoms with E-state index in [0.29, 0.717) is 17.0 Å². The summed E-state index contributed by atoms with van der Waals surface area (Å²) < 4.78 is 0. The second-order valence-corrected chi connectivity index (χ2v) is 3.42. The molecule has 4 nitrogen and oxygen atoms in total. The second-order valence-electron chi connectivity index (χ2n) is 3.42. The zero-order valence-corrected chi connectivity index (χ0v) is 8.97. The van der Waals surface area contributed by atoms with Crippen molar-refractivity contribution in [3.05, 3.63) is 53.2 Å². The Bertz CT molecular complexity index is 458. The fourth-order valence-electron chi connectivity index (χ4n) is 1.15. The molecule has 0 aromatic heterocycles. The summed E-state index contributed by atoms with van der Waals surface area (Å²) in [6.45, 7) is 1.75. The molecule has 1 aromatic rings. The van der Waals surface area contributed by atoms with Crippen LogP contribution in [0.2, 0.25) is 0 Å². The van der Waals surface area contributed by atoms with Crippen molar-refractivity contribution in [3.63, 3.8) is 0 Å². The Morgan fingerprint density at radius 3 is 2.44 bits per heavy atom. The van der Waals surface area contributed by atoms with Crippen LogP contribution in [0.1, 0.15) is 22.8 Å². The predicted molar refractivity (Wildman–Crippen MR) is 63.5 cm³/mol. The second kappa shape index (κ2) is 5.02. The summed E-state index contributed by atoms with van der Waals surface area (Å²) in [6, 6.07) is 6.44. The molecule has 16 heavy (non-hydrogen) atoms. The van der Waals surface area contributed by atoms with Crippen molar-refractivity contribution < 1.29 is 9.90 Å². The summed E-state index contributed by atoms with van der Waals surface area (Å²) in [5.41, 5.74) is 13.2. The number of carboxylic acids is 1. The van der Waals surface area contributed by atoms with Gasteiger partial charge in [0.15, 0.2) is 0 Å². The van der Waals surface area contributed by atoms with Crippen LogP contribution in [-0.2, 0) is 0 Å². The lowest BCUT2D eigenvalue weighted by atomic mass is 10.1. The van der Waals surface area contributed by atoms with Gasteiger partial charge in [0, 0.05) is 11.4 Å². The monoisotopic (exact) mass is 218 g/mol. The maximum Gasteiger partial charge on any atom is 0.335 e. The van der Waals surface area contributed by atoms with E-state index < -0.39 is 5.97 Å². The minimum absolute atomic E-state index is 0.210. The largest absolute Gasteiger partial charge is 0.478 e. The number of hydrogen-bond acceptors (Lipinski definition) is 3. The average molecular weight is 218 g/mol. The SMILES string of the molecule is C/C(N)=C/C=C(\N)c1cccc(C(=O)O)c1. The normalized spacial score (nSPS) is 12.6. The van der Waals surface area contributed by atoms with Crippen molar-refractivity contribution in [3.8, 4) is 0 Å². The van der Waals surface area contributed by atoms with Gasteiger partial charge in [0.25, 0.3) is 0 Å². The molecule has 0 fully saturated rings. The van der Waals surface area contributed by atoms with Gasteiger partial charge in [-0.05, 0) is 36.8 Å². The highest BCUT2D eigenvalue weighted by Crippen LogP contribution is 2.11. The Labute approximate surface area is 93.9 Å². The molecule has 0 saturated heterocycles. The number of nitrogens with two attached hydrogens (primary N) is 2. The highest BCUT2D eigenvalue weighted by Gasteiger charge is 2.03. The molecule has 1 aromatic carbocycles. The lowest BCUT2D eigenvalue weighted by molar-refractivity contribution is 0.0697. The van der Waals surface area contributed by atoms with Crippen LogP contribution in [0.25, 0.3) is 5.70 Å². The van der Waals surface area contributed by atoms with E-state index in [1.54, 1.807) is 31.2 Å². The lowest BCUT2D eigenvalue weighted by Crippen LogP contribution is -2.01. The average Bonchev–Trinajstić information content (AvgIpc) is 2.26. The third kappa shape index (κ3) is 3.16. The molecule has 0 aliphatic rings. The smallest absolute Gasteiger partial charge is 0.335 e. The topological polar surface area (TPSA) is 89.3 Å². The highest BCUT2D eigenvalue weighted by atomic mass is 16.4. The van der Waals surface area contributed by atoms with E-state index in [9.17, 15) is 4.79 Å². The van der Waals surface area contributed by atoms with Crippen LogP contribution in [0, 0.1) is 0 Å². The van der Waals surface area contributed by atoms with Crippen molar-refractivity contribution >= 4 is 11.7 Å². The number of benzene rings is 1. The summed E-state index contributed by atoms with van der Waals surface area (Å²) in [6.07, 6.45) is 3.32. The predicted octanol–water partition coefficient (Wildman–Crippen LogP) is 1.55. The van der Waals surface area contributed by atoms with E-state index in [1.165, 1.54) is 12.1 Å². The first-order valence-corrected chi connectivity index (χ1v) is 4.74. The van der Waals surface area contributed by atoms with Crippen LogP contribution >= 0.6 is 0 Å². The molecular formula is C12H14N2O2. The number of aromatic carboxylic acids is 1. The minimum atomic E-state index is -0.972. The molecule has 0 bridgehead atoms. The minimum Gasteiger partial charge on any atom is -0.478 e. The molecule has 0 atom stereocenters. The van der Waals surface area contributed by atoms with Crippen molar-refractivity contribution in [1.29, 1.82) is 0 Å². The van der Waals surface area contributed by atoms with Gasteiger partial charge in [0.2, 0.25) is 0 Å². The van der Waals surface area contributed by atoms with Gasteiger partial charge >= 0.3 is 5.97 Å². The quantitative estimate of drug-likeness (QED) is 0.671. The third-order valence-corrected chi connectivity index (χ3v) is 1.97. The molecule has 0 aliphatic carbocycles. The Kier molecular flexibility index (Phi) is 3.72. The number of carboxylic acid groups (broad SMARTS) is 1. The Morgan fingerprint density at radius 1 is 1.25 bits per heavy atom. The maximum atomic E-state index is 10.7. The fourth-order valence-corrected chi connectivity index (χ4v) is 1.15. The number of allylic oxidation sites excluding steroid dienone is 3. The summed E-state index contributed by atoms with van der Waals surface area (Å²) in [5, 5.41) is 8.82. The van der Waals surface area contributed by atoms with Crippen LogP contribution in [0.3, 0.4) is 0 Å². The van der Waals surface area contributed by atoms with E-state index in [4.69, 9.17) is 16.6 Å². The Morgan fingerprint density at radius 2 is 1.88 bits per heavy atom. The van der Waals surface area contributed by atoms with E-state index in [2.05, 4.69) is 0 Å². The van der Waals surface area contributed by atoms with Crippen molar-refractivity contribution in [2.24, 2.45) is 11.5 Å². The molecule has 1 rings (SSSR count). The zero-order chi connectivity index (χ0) is 12.1. The van der Waals surface area contributed by atoms with Gasteiger partial charge in [0.05, 0.1) is 5.56 Å². The molecule has 0 spiro atoms. The molecule has 0 amide bonds. The van der Waals surface area contributed by atoms with Gasteiger partial charge in [-0.15, -0.1) is 0 Å². The van der Waals surface area contributed by atoms with Crippen molar-refractivity contribution in [2.45, 2.75) is 6.92 Å². The summed E-state index contributed by atoms with van der Waals surface area (Å²) in [4.78, 5) is 10.7. The van der Waals surface area contributed by atoms with Gasteiger partial charge in [-0.3, -0.25) is 0 Å². The lowest BCUT2D eigenvalue weighted by Gasteiger charge is -2.02. The molecule has 84 valence electrons. The molecule has 0 radical (unpaired) electrons. The molecular weight excluding hydrogens is 204 g/mol. The number of rotatable bonds is 3. The maximum absolute atomic E-state index is 10.7. The standard InChI is InChI=1S/C12H14N2O2/c1-8(13)5-6-11(14)9-3-2-4-10(7-9)12(15)16/h2-7H,13-14H2,1H3,(H,15,16)/b8-5-,11-6-. The van der Waals surface area contributed by atoms with E-state index in [-0.39, 0.29) is 5.56 Å². The molecule has 0 saturated carbocycles. The number of hydrogen-bond donors (Lipinski definition) is 3. The first kappa shape index (κ1) is 11.8. The van der Waals surface area contributed by atoms with E-state index >= 15 is 0 Å². The van der Waals surface area contributed by atoms with E-state index in [1.807, 2.05) is 0 Å². The molecule has 4 heteroatoms. The zero-order valence-electron chi connectivity index (χ0n) is 8.97. The first-order chi connectivity index (χ1) is 7.50. The summed E-state index contributed by atoms with van der Waals surface area (Å²) in [5.74, 6) is -0.972. The third-order valence-electron chi connectivity index (χ3n) is 1.97. The van der Waals surface area contributed by atoms with Crippen LogP contribution in [-0.4, -0.2) is 11.1 Å². The first-order valence-electron chi connectivity index (χ1n) is 4.74. The highest BCUT2D eigenvalue weighted by molar-refractivity contribution is 5.88. The summed E-state index contributed by atoms with van der Waals surface area (Å²) in [7, 11) is 0. The van der Waals surface area contributed by atoms with Gasteiger partial charge in [0.1, 0.15) is 0 Å². The fraction of sp³-hybridized carbons (Fsp3) is 0.0833. The van der Waals surface area contributed by atoms with Crippen molar-refractivity contribution in [1.82, 2.24) is 0 Å². The molecule has 0 unspecified atom stereocenters. The van der Waals surface area contributed by atoms with Crippen molar-refractivity contribution in [2.75, 3.05) is 0 Å². The number of carbonyl (C=O) groups is 1. The molecule has 0 aliphatic heterocycles. The van der Waals surface area contributed by atoms with Gasteiger partial charge in [-0.25, -0.2) is 4.79 Å². The molecule has 0 heterocycles. The van der Waals surface area contributed by atoms with Crippen LogP contribution < -0.4 is 11.5 Å². The van der Waals surface area contributed by atoms with Crippen LogP contribution in [0.4, 0.5) is 0 Å². The van der Waals surface area contributed by atoms with Gasteiger partial charge in [-0.1, -0.05) is 12.1 Å². The van der Waals surface area contributed by atoms with Crippen LogP contribution in [0.15, 0.2) is 42.1 Å². The van der Waals surface area contributed by atoms with Crippen LogP contribution in [0.5, 0.6) is 0 Å². The molecule has 5 N–H and O–H groups in total. The Balaban J connectivity index is 3.05. The van der Waals surface area contributed by atoms with Gasteiger partial charge < -0.3 is 16.6 Å². The summed E-state index contributed by atoms with van der Waals surface area (Å²) >= 11 is 0. The van der Waals surface area contributed by atoms with Gasteiger partial charge in [-0.2, -0.15) is 0 Å². The van der Waals surface area contributed by atoms with E-state index in [0.717, 1.165) is 0 Å². The Hall–Kier alpha value is -2.23.